The fourth-order valence-corrected chi connectivity index (χ4v) is 3.84. The van der Waals surface area contributed by atoms with Crippen LogP contribution in [-0.2, 0) is 16.4 Å². The number of rotatable bonds is 4. The molecule has 0 spiro atoms. The third-order valence-corrected chi connectivity index (χ3v) is 5.79. The Morgan fingerprint density at radius 1 is 1.14 bits per heavy atom. The molecule has 2 aromatic heterocycles. The zero-order chi connectivity index (χ0) is 20.1. The first-order valence-electron chi connectivity index (χ1n) is 8.77. The Kier molecular flexibility index (Phi) is 4.26. The van der Waals surface area contributed by atoms with Crippen LogP contribution in [0.2, 0.25) is 0 Å². The van der Waals surface area contributed by atoms with Crippen molar-refractivity contribution in [3.63, 3.8) is 0 Å². The number of amides is 1. The fraction of sp³-hybridized carbons (Fsp3) is 0.263. The third-order valence-electron chi connectivity index (χ3n) is 4.68. The van der Waals surface area contributed by atoms with E-state index in [9.17, 15) is 13.2 Å². The van der Waals surface area contributed by atoms with E-state index in [2.05, 4.69) is 15.2 Å². The van der Waals surface area contributed by atoms with E-state index in [0.29, 0.717) is 29.4 Å². The lowest BCUT2D eigenvalue weighted by atomic mass is 10.1. The van der Waals surface area contributed by atoms with Crippen LogP contribution in [0.4, 0.5) is 5.82 Å². The summed E-state index contributed by atoms with van der Waals surface area (Å²) in [5.74, 6) is 0.841. The quantitative estimate of drug-likeness (QED) is 0.671. The number of sulfone groups is 1. The Hall–Kier alpha value is -3.07. The summed E-state index contributed by atoms with van der Waals surface area (Å²) in [6.07, 6.45) is 2.78. The summed E-state index contributed by atoms with van der Waals surface area (Å²) < 4.78 is 25.5. The number of aromatic nitrogens is 4. The molecule has 0 aliphatic carbocycles. The summed E-state index contributed by atoms with van der Waals surface area (Å²) in [4.78, 5) is 19.2. The third kappa shape index (κ3) is 3.07. The minimum absolute atomic E-state index is 0.133. The van der Waals surface area contributed by atoms with Gasteiger partial charge in [0.25, 0.3) is 5.91 Å². The molecular formula is C19H19N5O3S. The molecule has 1 aliphatic rings. The normalized spacial score (nSPS) is 14.0. The van der Waals surface area contributed by atoms with Crippen LogP contribution in [0.1, 0.15) is 35.8 Å². The molecule has 3 aromatic rings. The maximum absolute atomic E-state index is 12.9. The van der Waals surface area contributed by atoms with E-state index in [0.717, 1.165) is 11.8 Å². The summed E-state index contributed by atoms with van der Waals surface area (Å²) in [6.45, 7) is 4.39. The monoisotopic (exact) mass is 397 g/mol. The molecule has 9 heteroatoms. The van der Waals surface area contributed by atoms with Crippen LogP contribution in [-0.4, -0.2) is 40.3 Å². The molecule has 0 N–H and O–H groups in total. The van der Waals surface area contributed by atoms with Gasteiger partial charge in [0.15, 0.2) is 15.7 Å². The SMILES string of the molecule is CC(C)n1cnnc1-c1cccc(N2Cc3ccc(S(C)(=O)=O)cc3C2=O)n1. The average Bonchev–Trinajstić information content (AvgIpc) is 3.26. The Morgan fingerprint density at radius 3 is 2.64 bits per heavy atom. The molecule has 144 valence electrons. The average molecular weight is 397 g/mol. The molecule has 1 aliphatic heterocycles. The van der Waals surface area contributed by atoms with Crippen LogP contribution in [0.5, 0.6) is 0 Å². The summed E-state index contributed by atoms with van der Waals surface area (Å²) in [7, 11) is -3.38. The maximum atomic E-state index is 12.9. The van der Waals surface area contributed by atoms with Crippen LogP contribution < -0.4 is 4.90 Å². The second-order valence-corrected chi connectivity index (χ2v) is 9.03. The van der Waals surface area contributed by atoms with Crippen molar-refractivity contribution >= 4 is 21.6 Å². The highest BCUT2D eigenvalue weighted by molar-refractivity contribution is 7.90. The Morgan fingerprint density at radius 2 is 1.93 bits per heavy atom. The molecule has 0 radical (unpaired) electrons. The molecule has 1 amide bonds. The number of fused-ring (bicyclic) bond motifs is 1. The molecule has 0 atom stereocenters. The number of hydrogen-bond donors (Lipinski definition) is 0. The van der Waals surface area contributed by atoms with Crippen molar-refractivity contribution in [1.82, 2.24) is 19.7 Å². The molecule has 0 bridgehead atoms. The zero-order valence-electron chi connectivity index (χ0n) is 15.7. The van der Waals surface area contributed by atoms with Gasteiger partial charge in [-0.3, -0.25) is 9.69 Å². The number of carbonyl (C=O) groups is 1. The van der Waals surface area contributed by atoms with Crippen molar-refractivity contribution in [2.24, 2.45) is 0 Å². The minimum Gasteiger partial charge on any atom is -0.310 e. The van der Waals surface area contributed by atoms with Gasteiger partial charge in [-0.1, -0.05) is 12.1 Å². The summed E-state index contributed by atoms with van der Waals surface area (Å²) in [5, 5.41) is 8.12. The molecule has 8 nitrogen and oxygen atoms in total. The van der Waals surface area contributed by atoms with E-state index < -0.39 is 9.84 Å². The predicted molar refractivity (Wildman–Crippen MR) is 104 cm³/mol. The van der Waals surface area contributed by atoms with Crippen molar-refractivity contribution in [2.75, 3.05) is 11.2 Å². The number of nitrogens with zero attached hydrogens (tertiary/aromatic N) is 5. The summed E-state index contributed by atoms with van der Waals surface area (Å²) in [5.41, 5.74) is 1.78. The highest BCUT2D eigenvalue weighted by Crippen LogP contribution is 2.30. The first-order valence-corrected chi connectivity index (χ1v) is 10.7. The van der Waals surface area contributed by atoms with Crippen molar-refractivity contribution < 1.29 is 13.2 Å². The molecular weight excluding hydrogens is 378 g/mol. The second-order valence-electron chi connectivity index (χ2n) is 7.02. The Labute approximate surface area is 162 Å². The van der Waals surface area contributed by atoms with Gasteiger partial charge < -0.3 is 4.57 Å². The summed E-state index contributed by atoms with van der Waals surface area (Å²) in [6, 6.07) is 10.2. The predicted octanol–water partition coefficient (Wildman–Crippen LogP) is 2.48. The van der Waals surface area contributed by atoms with Gasteiger partial charge in [-0.25, -0.2) is 13.4 Å². The minimum atomic E-state index is -3.38. The van der Waals surface area contributed by atoms with Gasteiger partial charge in [0.05, 0.1) is 11.4 Å². The number of hydrogen-bond acceptors (Lipinski definition) is 6. The van der Waals surface area contributed by atoms with E-state index in [1.165, 1.54) is 17.0 Å². The zero-order valence-corrected chi connectivity index (χ0v) is 16.5. The van der Waals surface area contributed by atoms with E-state index >= 15 is 0 Å². The van der Waals surface area contributed by atoms with E-state index in [-0.39, 0.29) is 16.8 Å². The Balaban J connectivity index is 1.71. The van der Waals surface area contributed by atoms with Gasteiger partial charge in [0.2, 0.25) is 0 Å². The molecule has 0 fully saturated rings. The van der Waals surface area contributed by atoms with Crippen LogP contribution in [0.15, 0.2) is 47.6 Å². The van der Waals surface area contributed by atoms with Crippen molar-refractivity contribution in [2.45, 2.75) is 31.3 Å². The highest BCUT2D eigenvalue weighted by atomic mass is 32.2. The molecule has 0 unspecified atom stereocenters. The molecule has 0 saturated heterocycles. The second kappa shape index (κ2) is 6.52. The van der Waals surface area contributed by atoms with E-state index in [1.54, 1.807) is 18.5 Å². The fourth-order valence-electron chi connectivity index (χ4n) is 3.20. The Bertz CT molecular complexity index is 1180. The molecule has 3 heterocycles. The lowest BCUT2D eigenvalue weighted by Crippen LogP contribution is -2.24. The summed E-state index contributed by atoms with van der Waals surface area (Å²) >= 11 is 0. The maximum Gasteiger partial charge on any atom is 0.260 e. The van der Waals surface area contributed by atoms with Gasteiger partial charge in [-0.2, -0.15) is 0 Å². The standard InChI is InChI=1S/C19H19N5O3S/c1-12(2)24-11-20-22-18(24)16-5-4-6-17(21-16)23-10-13-7-8-14(28(3,26)27)9-15(13)19(23)25/h4-9,11-12H,10H2,1-3H3. The molecule has 1 aromatic carbocycles. The van der Waals surface area contributed by atoms with Gasteiger partial charge in [-0.15, -0.1) is 10.2 Å². The number of anilines is 1. The van der Waals surface area contributed by atoms with Crippen LogP contribution >= 0.6 is 0 Å². The molecule has 28 heavy (non-hydrogen) atoms. The van der Waals surface area contributed by atoms with Crippen LogP contribution in [0, 0.1) is 0 Å². The van der Waals surface area contributed by atoms with E-state index in [1.807, 2.05) is 30.5 Å². The van der Waals surface area contributed by atoms with Gasteiger partial charge in [0, 0.05) is 17.9 Å². The highest BCUT2D eigenvalue weighted by Gasteiger charge is 2.30. The van der Waals surface area contributed by atoms with Gasteiger partial charge >= 0.3 is 0 Å². The van der Waals surface area contributed by atoms with Crippen LogP contribution in [0.3, 0.4) is 0 Å². The molecule has 0 saturated carbocycles. The first kappa shape index (κ1) is 18.3. The van der Waals surface area contributed by atoms with E-state index in [4.69, 9.17) is 0 Å². The van der Waals surface area contributed by atoms with Crippen molar-refractivity contribution in [3.8, 4) is 11.5 Å². The van der Waals surface area contributed by atoms with Crippen LogP contribution in [0.25, 0.3) is 11.5 Å². The lowest BCUT2D eigenvalue weighted by Gasteiger charge is -2.16. The lowest BCUT2D eigenvalue weighted by molar-refractivity contribution is 0.0996. The van der Waals surface area contributed by atoms with Crippen molar-refractivity contribution in [3.05, 3.63) is 53.9 Å². The number of benzene rings is 1. The topological polar surface area (TPSA) is 98.0 Å². The molecule has 4 rings (SSSR count). The van der Waals surface area contributed by atoms with Crippen molar-refractivity contribution in [1.29, 1.82) is 0 Å². The first-order chi connectivity index (χ1) is 13.3. The van der Waals surface area contributed by atoms with Gasteiger partial charge in [-0.05, 0) is 43.7 Å². The number of carbonyl (C=O) groups excluding carboxylic acids is 1. The number of pyridine rings is 1. The largest absolute Gasteiger partial charge is 0.310 e. The smallest absolute Gasteiger partial charge is 0.260 e. The van der Waals surface area contributed by atoms with Gasteiger partial charge in [0.1, 0.15) is 17.8 Å².